The monoisotopic (exact) mass is 494 g/mol. The predicted octanol–water partition coefficient (Wildman–Crippen LogP) is 4.84. The highest BCUT2D eigenvalue weighted by molar-refractivity contribution is 5.99. The first-order valence-electron chi connectivity index (χ1n) is 13.2. The van der Waals surface area contributed by atoms with E-state index in [1.165, 1.54) is 16.8 Å². The van der Waals surface area contributed by atoms with Crippen molar-refractivity contribution in [3.8, 4) is 0 Å². The molecule has 4 aromatic rings. The van der Waals surface area contributed by atoms with Gasteiger partial charge in [0.25, 0.3) is 0 Å². The van der Waals surface area contributed by atoms with Crippen molar-refractivity contribution in [2.75, 3.05) is 67.6 Å². The number of rotatable bonds is 6. The molecule has 1 aromatic heterocycles. The number of morpholine rings is 1. The number of aromatic nitrogens is 2. The normalized spacial score (nSPS) is 16.8. The number of nitrogens with zero attached hydrogens (tertiary/aromatic N) is 5. The second-order valence-corrected chi connectivity index (χ2v) is 9.94. The Kier molecular flexibility index (Phi) is 6.88. The molecule has 0 atom stereocenters. The van der Waals surface area contributed by atoms with E-state index >= 15 is 0 Å². The van der Waals surface area contributed by atoms with E-state index in [4.69, 9.17) is 9.84 Å². The molecule has 37 heavy (non-hydrogen) atoms. The highest BCUT2D eigenvalue weighted by Gasteiger charge is 2.21. The van der Waals surface area contributed by atoms with Gasteiger partial charge < -0.3 is 19.9 Å². The van der Waals surface area contributed by atoms with Gasteiger partial charge in [0.05, 0.1) is 13.2 Å². The molecule has 6 rings (SSSR count). The molecule has 2 aliphatic rings. The standard InChI is InChI=1S/C30H34N6O/c1-23-5-4-6-24(21-23)22-34-13-15-36(16-14-34)30-28-8-3-2-7-27(28)29(32-33-30)31-25-9-11-26(12-10-25)35-17-19-37-20-18-35/h2-12,21H,13-20,22H2,1H3,(H,31,32). The maximum Gasteiger partial charge on any atom is 0.161 e. The largest absolute Gasteiger partial charge is 0.378 e. The van der Waals surface area contributed by atoms with Crippen molar-refractivity contribution in [1.82, 2.24) is 15.1 Å². The predicted molar refractivity (Wildman–Crippen MR) is 151 cm³/mol. The molecule has 0 bridgehead atoms. The zero-order chi connectivity index (χ0) is 25.0. The lowest BCUT2D eigenvalue weighted by molar-refractivity contribution is 0.122. The second kappa shape index (κ2) is 10.7. The Labute approximate surface area is 218 Å². The molecule has 0 spiro atoms. The third-order valence-electron chi connectivity index (χ3n) is 7.33. The number of aryl methyl sites for hydroxylation is 1. The van der Waals surface area contributed by atoms with Crippen molar-refractivity contribution >= 4 is 33.8 Å². The van der Waals surface area contributed by atoms with E-state index in [0.29, 0.717) is 0 Å². The lowest BCUT2D eigenvalue weighted by Crippen LogP contribution is -2.46. The summed E-state index contributed by atoms with van der Waals surface area (Å²) in [4.78, 5) is 7.26. The summed E-state index contributed by atoms with van der Waals surface area (Å²) in [6, 6.07) is 25.8. The third kappa shape index (κ3) is 5.38. The van der Waals surface area contributed by atoms with Crippen LogP contribution in [0.15, 0.2) is 72.8 Å². The zero-order valence-electron chi connectivity index (χ0n) is 21.4. The van der Waals surface area contributed by atoms with Gasteiger partial charge in [0.15, 0.2) is 11.6 Å². The third-order valence-corrected chi connectivity index (χ3v) is 7.33. The molecule has 3 heterocycles. The van der Waals surface area contributed by atoms with Gasteiger partial charge in [-0.3, -0.25) is 4.90 Å². The van der Waals surface area contributed by atoms with Crippen LogP contribution in [-0.4, -0.2) is 67.6 Å². The summed E-state index contributed by atoms with van der Waals surface area (Å²) in [6.07, 6.45) is 0. The second-order valence-electron chi connectivity index (χ2n) is 9.94. The molecule has 2 aliphatic heterocycles. The summed E-state index contributed by atoms with van der Waals surface area (Å²) in [5.74, 6) is 1.76. The van der Waals surface area contributed by atoms with E-state index in [0.717, 1.165) is 87.1 Å². The van der Waals surface area contributed by atoms with Gasteiger partial charge in [-0.1, -0.05) is 54.1 Å². The lowest BCUT2D eigenvalue weighted by Gasteiger charge is -2.35. The van der Waals surface area contributed by atoms with Crippen molar-refractivity contribution in [3.63, 3.8) is 0 Å². The number of benzene rings is 3. The summed E-state index contributed by atoms with van der Waals surface area (Å²) in [7, 11) is 0. The summed E-state index contributed by atoms with van der Waals surface area (Å²) in [5, 5.41) is 15.1. The Hall–Kier alpha value is -3.68. The summed E-state index contributed by atoms with van der Waals surface area (Å²) >= 11 is 0. The molecular weight excluding hydrogens is 460 g/mol. The fourth-order valence-electron chi connectivity index (χ4n) is 5.32. The first-order valence-corrected chi connectivity index (χ1v) is 13.2. The quantitative estimate of drug-likeness (QED) is 0.412. The number of ether oxygens (including phenoxy) is 1. The van der Waals surface area contributed by atoms with Gasteiger partial charge in [-0.25, -0.2) is 0 Å². The molecule has 0 radical (unpaired) electrons. The average Bonchev–Trinajstić information content (AvgIpc) is 2.95. The van der Waals surface area contributed by atoms with E-state index in [-0.39, 0.29) is 0 Å². The number of piperazine rings is 1. The van der Waals surface area contributed by atoms with Crippen LogP contribution in [0, 0.1) is 6.92 Å². The maximum absolute atomic E-state index is 5.48. The molecule has 190 valence electrons. The molecule has 0 unspecified atom stereocenters. The fraction of sp³-hybridized carbons (Fsp3) is 0.333. The van der Waals surface area contributed by atoms with Gasteiger partial charge >= 0.3 is 0 Å². The van der Waals surface area contributed by atoms with Gasteiger partial charge in [0.2, 0.25) is 0 Å². The zero-order valence-corrected chi connectivity index (χ0v) is 21.4. The van der Waals surface area contributed by atoms with Crippen LogP contribution in [-0.2, 0) is 11.3 Å². The Balaban J connectivity index is 1.16. The summed E-state index contributed by atoms with van der Waals surface area (Å²) in [6.45, 7) is 10.5. The van der Waals surface area contributed by atoms with Crippen LogP contribution in [0.5, 0.6) is 0 Å². The topological polar surface area (TPSA) is 56.8 Å². The van der Waals surface area contributed by atoms with Crippen molar-refractivity contribution in [2.24, 2.45) is 0 Å². The molecule has 0 aliphatic carbocycles. The highest BCUT2D eigenvalue weighted by Crippen LogP contribution is 2.31. The molecular formula is C30H34N6O. The smallest absolute Gasteiger partial charge is 0.161 e. The first-order chi connectivity index (χ1) is 18.2. The van der Waals surface area contributed by atoms with Gasteiger partial charge in [0.1, 0.15) is 0 Å². The van der Waals surface area contributed by atoms with Crippen LogP contribution in [0.25, 0.3) is 10.8 Å². The lowest BCUT2D eigenvalue weighted by atomic mass is 10.1. The maximum atomic E-state index is 5.48. The molecule has 7 nitrogen and oxygen atoms in total. The minimum Gasteiger partial charge on any atom is -0.378 e. The molecule has 1 N–H and O–H groups in total. The SMILES string of the molecule is Cc1cccc(CN2CCN(c3nnc(Nc4ccc(N5CCOCC5)cc4)c4ccccc34)CC2)c1. The Bertz CT molecular complexity index is 1340. The molecule has 2 fully saturated rings. The Morgan fingerprint density at radius 1 is 0.757 bits per heavy atom. The van der Waals surface area contributed by atoms with E-state index < -0.39 is 0 Å². The number of hydrogen-bond donors (Lipinski definition) is 1. The van der Waals surface area contributed by atoms with Crippen molar-refractivity contribution in [2.45, 2.75) is 13.5 Å². The van der Waals surface area contributed by atoms with Crippen LogP contribution in [0.4, 0.5) is 23.0 Å². The van der Waals surface area contributed by atoms with Crippen molar-refractivity contribution in [3.05, 3.63) is 83.9 Å². The molecule has 7 heteroatoms. The van der Waals surface area contributed by atoms with Gasteiger partial charge in [-0.15, -0.1) is 10.2 Å². The number of fused-ring (bicyclic) bond motifs is 1. The van der Waals surface area contributed by atoms with Crippen LogP contribution < -0.4 is 15.1 Å². The number of anilines is 4. The van der Waals surface area contributed by atoms with Crippen LogP contribution in [0.3, 0.4) is 0 Å². The minimum absolute atomic E-state index is 0.787. The summed E-state index contributed by atoms with van der Waals surface area (Å²) < 4.78 is 5.48. The highest BCUT2D eigenvalue weighted by atomic mass is 16.5. The Morgan fingerprint density at radius 2 is 1.51 bits per heavy atom. The number of hydrogen-bond acceptors (Lipinski definition) is 7. The molecule has 2 saturated heterocycles. The molecule has 3 aromatic carbocycles. The first kappa shape index (κ1) is 23.7. The van der Waals surface area contributed by atoms with E-state index in [1.54, 1.807) is 0 Å². The van der Waals surface area contributed by atoms with Crippen molar-refractivity contribution < 1.29 is 4.74 Å². The van der Waals surface area contributed by atoms with Crippen LogP contribution in [0.2, 0.25) is 0 Å². The van der Waals surface area contributed by atoms with Crippen molar-refractivity contribution in [1.29, 1.82) is 0 Å². The van der Waals surface area contributed by atoms with E-state index in [1.807, 2.05) is 0 Å². The van der Waals surface area contributed by atoms with E-state index in [9.17, 15) is 0 Å². The summed E-state index contributed by atoms with van der Waals surface area (Å²) in [5.41, 5.74) is 4.93. The number of nitrogens with one attached hydrogen (secondary N) is 1. The Morgan fingerprint density at radius 3 is 2.27 bits per heavy atom. The fourth-order valence-corrected chi connectivity index (χ4v) is 5.32. The van der Waals surface area contributed by atoms with Crippen LogP contribution in [0.1, 0.15) is 11.1 Å². The molecule has 0 amide bonds. The van der Waals surface area contributed by atoms with E-state index in [2.05, 4.69) is 105 Å². The average molecular weight is 495 g/mol. The van der Waals surface area contributed by atoms with Gasteiger partial charge in [-0.2, -0.15) is 0 Å². The minimum atomic E-state index is 0.787. The van der Waals surface area contributed by atoms with Gasteiger partial charge in [0, 0.05) is 68.0 Å². The molecule has 0 saturated carbocycles. The van der Waals surface area contributed by atoms with Crippen LogP contribution >= 0.6 is 0 Å². The van der Waals surface area contributed by atoms with Gasteiger partial charge in [-0.05, 0) is 36.8 Å².